The van der Waals surface area contributed by atoms with Gasteiger partial charge in [0.05, 0.1) is 11.9 Å². The SMILES string of the molecule is CCCNC(=O)[C@H](Cc1ccccc1)N(Cc1cccc(Cl)c1)C(=O)CN(c1ccc(Cl)cc1C)S(C)(=O)=O. The largest absolute Gasteiger partial charge is 0.354 e. The van der Waals surface area contributed by atoms with Crippen molar-refractivity contribution in [2.75, 3.05) is 23.7 Å². The first-order valence-electron chi connectivity index (χ1n) is 12.6. The molecule has 2 amide bonds. The van der Waals surface area contributed by atoms with Crippen molar-refractivity contribution in [3.63, 3.8) is 0 Å². The number of hydrogen-bond acceptors (Lipinski definition) is 4. The normalized spacial score (nSPS) is 12.0. The molecule has 0 saturated carbocycles. The number of nitrogens with one attached hydrogen (secondary N) is 1. The lowest BCUT2D eigenvalue weighted by Crippen LogP contribution is -2.53. The molecule has 3 aromatic carbocycles. The van der Waals surface area contributed by atoms with E-state index in [2.05, 4.69) is 5.32 Å². The van der Waals surface area contributed by atoms with Gasteiger partial charge in [0.1, 0.15) is 12.6 Å². The van der Waals surface area contributed by atoms with Crippen LogP contribution in [0.1, 0.15) is 30.0 Å². The molecular weight excluding hydrogens is 557 g/mol. The van der Waals surface area contributed by atoms with E-state index in [1.807, 2.05) is 43.3 Å². The molecule has 7 nitrogen and oxygen atoms in total. The number of hydrogen-bond donors (Lipinski definition) is 1. The highest BCUT2D eigenvalue weighted by molar-refractivity contribution is 7.92. The van der Waals surface area contributed by atoms with Crippen LogP contribution in [-0.4, -0.2) is 50.5 Å². The Bertz CT molecular complexity index is 1400. The number of rotatable bonds is 12. The molecule has 0 aromatic heterocycles. The van der Waals surface area contributed by atoms with Gasteiger partial charge in [-0.3, -0.25) is 13.9 Å². The van der Waals surface area contributed by atoms with Crippen molar-refractivity contribution in [3.05, 3.63) is 99.5 Å². The molecule has 1 atom stereocenters. The van der Waals surface area contributed by atoms with Crippen molar-refractivity contribution in [3.8, 4) is 0 Å². The summed E-state index contributed by atoms with van der Waals surface area (Å²) in [7, 11) is -3.86. The smallest absolute Gasteiger partial charge is 0.244 e. The first-order valence-corrected chi connectivity index (χ1v) is 15.2. The Balaban J connectivity index is 2.06. The van der Waals surface area contributed by atoms with Gasteiger partial charge in [0.25, 0.3) is 0 Å². The van der Waals surface area contributed by atoms with Gasteiger partial charge in [-0.25, -0.2) is 8.42 Å². The second-order valence-corrected chi connectivity index (χ2v) is 12.1. The highest BCUT2D eigenvalue weighted by atomic mass is 35.5. The molecule has 3 aromatic rings. The van der Waals surface area contributed by atoms with Gasteiger partial charge in [0, 0.05) is 29.6 Å². The Kier molecular flexibility index (Phi) is 10.8. The molecular formula is C29H33Cl2N3O4S. The molecule has 0 fully saturated rings. The zero-order chi connectivity index (χ0) is 28.6. The van der Waals surface area contributed by atoms with Crippen molar-refractivity contribution < 1.29 is 18.0 Å². The van der Waals surface area contributed by atoms with Crippen LogP contribution in [0.25, 0.3) is 0 Å². The zero-order valence-corrected chi connectivity index (χ0v) is 24.6. The third-order valence-electron chi connectivity index (χ3n) is 6.17. The molecule has 0 aliphatic heterocycles. The first kappa shape index (κ1) is 30.5. The van der Waals surface area contributed by atoms with Crippen LogP contribution in [0.4, 0.5) is 5.69 Å². The van der Waals surface area contributed by atoms with Crippen molar-refractivity contribution in [1.82, 2.24) is 10.2 Å². The minimum Gasteiger partial charge on any atom is -0.354 e. The van der Waals surface area contributed by atoms with E-state index in [1.54, 1.807) is 43.3 Å². The molecule has 1 N–H and O–H groups in total. The van der Waals surface area contributed by atoms with Gasteiger partial charge >= 0.3 is 0 Å². The van der Waals surface area contributed by atoms with Gasteiger partial charge < -0.3 is 10.2 Å². The van der Waals surface area contributed by atoms with Crippen molar-refractivity contribution in [2.45, 2.75) is 39.3 Å². The van der Waals surface area contributed by atoms with Crippen LogP contribution in [0.2, 0.25) is 10.0 Å². The maximum absolute atomic E-state index is 14.0. The summed E-state index contributed by atoms with van der Waals surface area (Å²) in [5.41, 5.74) is 2.52. The minimum atomic E-state index is -3.86. The Hall–Kier alpha value is -3.07. The van der Waals surface area contributed by atoms with E-state index in [4.69, 9.17) is 23.2 Å². The Morgan fingerprint density at radius 1 is 0.923 bits per heavy atom. The van der Waals surface area contributed by atoms with E-state index >= 15 is 0 Å². The van der Waals surface area contributed by atoms with Crippen LogP contribution in [-0.2, 0) is 32.6 Å². The molecule has 0 radical (unpaired) electrons. The summed E-state index contributed by atoms with van der Waals surface area (Å²) in [6.07, 6.45) is 2.02. The van der Waals surface area contributed by atoms with Crippen LogP contribution in [0, 0.1) is 6.92 Å². The third kappa shape index (κ3) is 8.71. The molecule has 0 aliphatic rings. The molecule has 208 valence electrons. The highest BCUT2D eigenvalue weighted by Crippen LogP contribution is 2.26. The Morgan fingerprint density at radius 3 is 2.21 bits per heavy atom. The topological polar surface area (TPSA) is 86.8 Å². The number of benzene rings is 3. The average Bonchev–Trinajstić information content (AvgIpc) is 2.88. The summed E-state index contributed by atoms with van der Waals surface area (Å²) in [4.78, 5) is 28.9. The summed E-state index contributed by atoms with van der Waals surface area (Å²) < 4.78 is 26.8. The fourth-order valence-corrected chi connectivity index (χ4v) is 5.59. The highest BCUT2D eigenvalue weighted by Gasteiger charge is 2.33. The number of nitrogens with zero attached hydrogens (tertiary/aromatic N) is 2. The van der Waals surface area contributed by atoms with E-state index in [-0.39, 0.29) is 18.9 Å². The number of anilines is 1. The van der Waals surface area contributed by atoms with Crippen molar-refractivity contribution >= 4 is 50.7 Å². The number of sulfonamides is 1. The van der Waals surface area contributed by atoms with E-state index < -0.39 is 28.5 Å². The number of carbonyl (C=O) groups excluding carboxylic acids is 2. The van der Waals surface area contributed by atoms with Crippen LogP contribution >= 0.6 is 23.2 Å². The van der Waals surface area contributed by atoms with E-state index in [0.717, 1.165) is 22.5 Å². The van der Waals surface area contributed by atoms with Gasteiger partial charge in [0.2, 0.25) is 21.8 Å². The quantitative estimate of drug-likeness (QED) is 0.313. The fourth-order valence-electron chi connectivity index (χ4n) is 4.25. The molecule has 0 spiro atoms. The number of amides is 2. The van der Waals surface area contributed by atoms with Gasteiger partial charge in [-0.15, -0.1) is 0 Å². The fraction of sp³-hybridized carbons (Fsp3) is 0.310. The average molecular weight is 591 g/mol. The minimum absolute atomic E-state index is 0.0631. The molecule has 10 heteroatoms. The number of carbonyl (C=O) groups is 2. The molecule has 0 bridgehead atoms. The third-order valence-corrected chi connectivity index (χ3v) is 7.77. The van der Waals surface area contributed by atoms with E-state index in [0.29, 0.717) is 33.4 Å². The molecule has 3 rings (SSSR count). The lowest BCUT2D eigenvalue weighted by molar-refractivity contribution is -0.140. The summed E-state index contributed by atoms with van der Waals surface area (Å²) in [5.74, 6) is -0.841. The van der Waals surface area contributed by atoms with Crippen molar-refractivity contribution in [2.24, 2.45) is 0 Å². The predicted octanol–water partition coefficient (Wildman–Crippen LogP) is 5.23. The molecule has 0 aliphatic carbocycles. The van der Waals surface area contributed by atoms with Crippen molar-refractivity contribution in [1.29, 1.82) is 0 Å². The van der Waals surface area contributed by atoms with Gasteiger partial charge in [-0.1, -0.05) is 72.6 Å². The van der Waals surface area contributed by atoms with Crippen LogP contribution in [0.15, 0.2) is 72.8 Å². The van der Waals surface area contributed by atoms with Crippen LogP contribution < -0.4 is 9.62 Å². The zero-order valence-electron chi connectivity index (χ0n) is 22.2. The second-order valence-electron chi connectivity index (χ2n) is 9.35. The lowest BCUT2D eigenvalue weighted by atomic mass is 10.0. The number of halogens is 2. The maximum atomic E-state index is 14.0. The monoisotopic (exact) mass is 589 g/mol. The van der Waals surface area contributed by atoms with Gasteiger partial charge in [0.15, 0.2) is 0 Å². The Labute approximate surface area is 240 Å². The van der Waals surface area contributed by atoms with E-state index in [1.165, 1.54) is 4.90 Å². The summed E-state index contributed by atoms with van der Waals surface area (Å²) in [6, 6.07) is 20.3. The summed E-state index contributed by atoms with van der Waals surface area (Å²) in [6.45, 7) is 3.69. The van der Waals surface area contributed by atoms with Crippen LogP contribution in [0.5, 0.6) is 0 Å². The van der Waals surface area contributed by atoms with Gasteiger partial charge in [-0.05, 0) is 60.4 Å². The molecule has 39 heavy (non-hydrogen) atoms. The second kappa shape index (κ2) is 13.8. The predicted molar refractivity (Wildman–Crippen MR) is 158 cm³/mol. The lowest BCUT2D eigenvalue weighted by Gasteiger charge is -2.33. The number of aryl methyl sites for hydroxylation is 1. The molecule has 0 heterocycles. The molecule has 0 unspecified atom stereocenters. The standard InChI is InChI=1S/C29H33Cl2N3O4S/c1-4-15-32-29(36)27(18-22-9-6-5-7-10-22)33(19-23-11-8-12-24(30)17-23)28(35)20-34(39(3,37)38)26-14-13-25(31)16-21(26)2/h5-14,16-17,27H,4,15,18-20H2,1-3H3,(H,32,36)/t27-/m0/s1. The molecule has 0 saturated heterocycles. The van der Waals surface area contributed by atoms with Crippen LogP contribution in [0.3, 0.4) is 0 Å². The van der Waals surface area contributed by atoms with E-state index in [9.17, 15) is 18.0 Å². The maximum Gasteiger partial charge on any atom is 0.244 e. The summed E-state index contributed by atoms with van der Waals surface area (Å²) in [5, 5.41) is 3.85. The first-order chi connectivity index (χ1) is 18.5. The Morgan fingerprint density at radius 2 is 1.59 bits per heavy atom. The van der Waals surface area contributed by atoms with Gasteiger partial charge in [-0.2, -0.15) is 0 Å². The summed E-state index contributed by atoms with van der Waals surface area (Å²) >= 11 is 12.3.